The molecule has 3 heteroatoms. The second kappa shape index (κ2) is 6.69. The molecule has 0 radical (unpaired) electrons. The maximum atomic E-state index is 5.67. The van der Waals surface area contributed by atoms with Gasteiger partial charge in [0.05, 0.1) is 13.7 Å². The molecule has 2 aromatic carbocycles. The van der Waals surface area contributed by atoms with Gasteiger partial charge in [-0.2, -0.15) is 0 Å². The molecule has 0 atom stereocenters. The highest BCUT2D eigenvalue weighted by atomic mass is 16.5. The van der Waals surface area contributed by atoms with Crippen LogP contribution in [-0.4, -0.2) is 13.7 Å². The monoisotopic (exact) mass is 257 g/mol. The lowest BCUT2D eigenvalue weighted by atomic mass is 10.1. The topological polar surface area (TPSA) is 44.5 Å². The fourth-order valence-corrected chi connectivity index (χ4v) is 1.82. The van der Waals surface area contributed by atoms with E-state index in [2.05, 4.69) is 12.1 Å². The molecule has 0 unspecified atom stereocenters. The average Bonchev–Trinajstić information content (AvgIpc) is 2.46. The van der Waals surface area contributed by atoms with Crippen molar-refractivity contribution in [2.24, 2.45) is 0 Å². The predicted octanol–water partition coefficient (Wildman–Crippen LogP) is 3.29. The van der Waals surface area contributed by atoms with E-state index in [0.717, 1.165) is 30.0 Å². The molecule has 3 nitrogen and oxygen atoms in total. The third-order valence-electron chi connectivity index (χ3n) is 2.92. The Morgan fingerprint density at radius 3 is 2.16 bits per heavy atom. The van der Waals surface area contributed by atoms with Gasteiger partial charge in [-0.1, -0.05) is 12.1 Å². The Hall–Kier alpha value is -2.16. The summed E-state index contributed by atoms with van der Waals surface area (Å²) in [5.41, 5.74) is 7.73. The summed E-state index contributed by atoms with van der Waals surface area (Å²) >= 11 is 0. The number of rotatable bonds is 6. The average molecular weight is 257 g/mol. The Bertz CT molecular complexity index is 491. The first-order valence-corrected chi connectivity index (χ1v) is 6.39. The SMILES string of the molecule is COc1ccc(OCCCc2ccc(N)cc2)cc1. The molecular weight excluding hydrogens is 238 g/mol. The molecule has 0 heterocycles. The zero-order valence-electron chi connectivity index (χ0n) is 11.1. The smallest absolute Gasteiger partial charge is 0.119 e. The fourth-order valence-electron chi connectivity index (χ4n) is 1.82. The van der Waals surface area contributed by atoms with Crippen molar-refractivity contribution >= 4 is 5.69 Å². The van der Waals surface area contributed by atoms with Gasteiger partial charge in [-0.05, 0) is 54.8 Å². The Morgan fingerprint density at radius 1 is 0.895 bits per heavy atom. The van der Waals surface area contributed by atoms with Crippen LogP contribution in [0, 0.1) is 0 Å². The van der Waals surface area contributed by atoms with Crippen molar-refractivity contribution in [2.45, 2.75) is 12.8 Å². The van der Waals surface area contributed by atoms with Crippen LogP contribution in [0.1, 0.15) is 12.0 Å². The third-order valence-corrected chi connectivity index (χ3v) is 2.92. The normalized spacial score (nSPS) is 10.2. The van der Waals surface area contributed by atoms with Gasteiger partial charge in [0.25, 0.3) is 0 Å². The molecule has 0 fully saturated rings. The summed E-state index contributed by atoms with van der Waals surface area (Å²) in [6.45, 7) is 0.705. The molecule has 0 amide bonds. The number of methoxy groups -OCH3 is 1. The van der Waals surface area contributed by atoms with E-state index >= 15 is 0 Å². The van der Waals surface area contributed by atoms with E-state index in [1.165, 1.54) is 5.56 Å². The summed E-state index contributed by atoms with van der Waals surface area (Å²) in [5, 5.41) is 0. The molecular formula is C16H19NO2. The highest BCUT2D eigenvalue weighted by Gasteiger charge is 1.97. The first-order valence-electron chi connectivity index (χ1n) is 6.39. The van der Waals surface area contributed by atoms with E-state index in [1.807, 2.05) is 36.4 Å². The van der Waals surface area contributed by atoms with Crippen LogP contribution in [-0.2, 0) is 6.42 Å². The van der Waals surface area contributed by atoms with Gasteiger partial charge in [-0.3, -0.25) is 0 Å². The zero-order valence-corrected chi connectivity index (χ0v) is 11.1. The zero-order chi connectivity index (χ0) is 13.5. The number of benzene rings is 2. The highest BCUT2D eigenvalue weighted by Crippen LogP contribution is 2.17. The molecule has 0 aliphatic rings. The lowest BCUT2D eigenvalue weighted by Gasteiger charge is -2.07. The van der Waals surface area contributed by atoms with Crippen LogP contribution < -0.4 is 15.2 Å². The molecule has 0 aromatic heterocycles. The van der Waals surface area contributed by atoms with Crippen LogP contribution in [0.15, 0.2) is 48.5 Å². The van der Waals surface area contributed by atoms with Crippen LogP contribution in [0.25, 0.3) is 0 Å². The summed E-state index contributed by atoms with van der Waals surface area (Å²) in [7, 11) is 1.66. The van der Waals surface area contributed by atoms with Gasteiger partial charge < -0.3 is 15.2 Å². The van der Waals surface area contributed by atoms with Gasteiger partial charge in [0.2, 0.25) is 0 Å². The summed E-state index contributed by atoms with van der Waals surface area (Å²) in [6, 6.07) is 15.6. The van der Waals surface area contributed by atoms with E-state index in [4.69, 9.17) is 15.2 Å². The van der Waals surface area contributed by atoms with E-state index in [1.54, 1.807) is 7.11 Å². The van der Waals surface area contributed by atoms with Crippen molar-refractivity contribution in [1.82, 2.24) is 0 Å². The Morgan fingerprint density at radius 2 is 1.53 bits per heavy atom. The standard InChI is InChI=1S/C16H19NO2/c1-18-15-8-10-16(11-9-15)19-12-2-3-13-4-6-14(17)7-5-13/h4-11H,2-3,12,17H2,1H3. The number of nitrogens with two attached hydrogens (primary N) is 1. The minimum Gasteiger partial charge on any atom is -0.497 e. The van der Waals surface area contributed by atoms with Crippen LogP contribution in [0.5, 0.6) is 11.5 Å². The molecule has 0 bridgehead atoms. The maximum Gasteiger partial charge on any atom is 0.119 e. The number of hydrogen-bond donors (Lipinski definition) is 1. The lowest BCUT2D eigenvalue weighted by Crippen LogP contribution is -1.99. The molecule has 2 aromatic rings. The van der Waals surface area contributed by atoms with Gasteiger partial charge >= 0.3 is 0 Å². The van der Waals surface area contributed by atoms with Crippen LogP contribution in [0.2, 0.25) is 0 Å². The molecule has 0 aliphatic carbocycles. The van der Waals surface area contributed by atoms with Crippen molar-refractivity contribution in [1.29, 1.82) is 0 Å². The van der Waals surface area contributed by atoms with Gasteiger partial charge in [0, 0.05) is 5.69 Å². The summed E-state index contributed by atoms with van der Waals surface area (Å²) in [4.78, 5) is 0. The fraction of sp³-hybridized carbons (Fsp3) is 0.250. The Balaban J connectivity index is 1.72. The number of anilines is 1. The third kappa shape index (κ3) is 4.21. The Kier molecular flexibility index (Phi) is 4.67. The van der Waals surface area contributed by atoms with E-state index in [-0.39, 0.29) is 0 Å². The van der Waals surface area contributed by atoms with Crippen LogP contribution >= 0.6 is 0 Å². The number of aryl methyl sites for hydroxylation is 1. The van der Waals surface area contributed by atoms with Crippen molar-refractivity contribution in [3.8, 4) is 11.5 Å². The van der Waals surface area contributed by atoms with Crippen molar-refractivity contribution < 1.29 is 9.47 Å². The molecule has 0 spiro atoms. The molecule has 2 N–H and O–H groups in total. The minimum absolute atomic E-state index is 0.705. The summed E-state index contributed by atoms with van der Waals surface area (Å²) in [5.74, 6) is 1.72. The first-order chi connectivity index (χ1) is 9.28. The van der Waals surface area contributed by atoms with Gasteiger partial charge in [0.1, 0.15) is 11.5 Å². The van der Waals surface area contributed by atoms with E-state index in [9.17, 15) is 0 Å². The predicted molar refractivity (Wildman–Crippen MR) is 77.7 cm³/mol. The van der Waals surface area contributed by atoms with Gasteiger partial charge in [0.15, 0.2) is 0 Å². The van der Waals surface area contributed by atoms with Gasteiger partial charge in [-0.15, -0.1) is 0 Å². The second-order valence-corrected chi connectivity index (χ2v) is 4.37. The number of ether oxygens (including phenoxy) is 2. The lowest BCUT2D eigenvalue weighted by molar-refractivity contribution is 0.310. The van der Waals surface area contributed by atoms with Crippen molar-refractivity contribution in [2.75, 3.05) is 19.5 Å². The molecule has 100 valence electrons. The molecule has 0 aliphatic heterocycles. The Labute approximate surface area is 114 Å². The summed E-state index contributed by atoms with van der Waals surface area (Å²) in [6.07, 6.45) is 1.98. The van der Waals surface area contributed by atoms with Crippen LogP contribution in [0.4, 0.5) is 5.69 Å². The van der Waals surface area contributed by atoms with Crippen molar-refractivity contribution in [3.63, 3.8) is 0 Å². The van der Waals surface area contributed by atoms with Crippen molar-refractivity contribution in [3.05, 3.63) is 54.1 Å². The quantitative estimate of drug-likeness (QED) is 0.638. The molecule has 2 rings (SSSR count). The largest absolute Gasteiger partial charge is 0.497 e. The first kappa shape index (κ1) is 13.3. The molecule has 0 saturated heterocycles. The number of nitrogen functional groups attached to an aromatic ring is 1. The second-order valence-electron chi connectivity index (χ2n) is 4.37. The van der Waals surface area contributed by atoms with E-state index in [0.29, 0.717) is 6.61 Å². The van der Waals surface area contributed by atoms with Crippen LogP contribution in [0.3, 0.4) is 0 Å². The number of hydrogen-bond acceptors (Lipinski definition) is 3. The summed E-state index contributed by atoms with van der Waals surface area (Å²) < 4.78 is 10.8. The molecule has 19 heavy (non-hydrogen) atoms. The van der Waals surface area contributed by atoms with Gasteiger partial charge in [-0.25, -0.2) is 0 Å². The highest BCUT2D eigenvalue weighted by molar-refractivity contribution is 5.39. The minimum atomic E-state index is 0.705. The molecule has 0 saturated carbocycles. The van der Waals surface area contributed by atoms with E-state index < -0.39 is 0 Å². The maximum absolute atomic E-state index is 5.67.